The smallest absolute Gasteiger partial charge is 0.0701 e. The van der Waals surface area contributed by atoms with Crippen molar-refractivity contribution >= 4 is 0 Å². The fraction of sp³-hybridized carbons (Fsp3) is 0.467. The molecule has 0 aliphatic carbocycles. The fourth-order valence-corrected chi connectivity index (χ4v) is 3.65. The van der Waals surface area contributed by atoms with Crippen molar-refractivity contribution in [2.45, 2.75) is 51.4 Å². The number of ether oxygens (including phenoxy) is 3. The molecule has 2 aromatic carbocycles. The molecule has 0 aromatic heterocycles. The summed E-state index contributed by atoms with van der Waals surface area (Å²) < 4.78 is 16.9. The van der Waals surface area contributed by atoms with Crippen LogP contribution in [0, 0.1) is 0 Å². The predicted molar refractivity (Wildman–Crippen MR) is 139 cm³/mol. The summed E-state index contributed by atoms with van der Waals surface area (Å²) in [7, 11) is 0. The first kappa shape index (κ1) is 27.0. The molecule has 0 heterocycles. The monoisotopic (exact) mass is 450 g/mol. The lowest BCUT2D eigenvalue weighted by atomic mass is 10.0. The Hall–Kier alpha value is -2.20. The van der Waals surface area contributed by atoms with Gasteiger partial charge >= 0.3 is 0 Å². The van der Waals surface area contributed by atoms with Crippen LogP contribution in [0.1, 0.15) is 49.7 Å². The summed E-state index contributed by atoms with van der Waals surface area (Å²) in [5.74, 6) is 0. The first-order chi connectivity index (χ1) is 16.2. The maximum absolute atomic E-state index is 5.65. The Morgan fingerprint density at radius 2 is 0.848 bits per heavy atom. The molecule has 2 aromatic rings. The van der Waals surface area contributed by atoms with Gasteiger partial charge in [0.05, 0.1) is 26.4 Å². The molecule has 0 saturated heterocycles. The number of hydrogen-bond acceptors (Lipinski definition) is 3. The Bertz CT molecular complexity index is 689. The molecular weight excluding hydrogens is 408 g/mol. The average molecular weight is 451 g/mol. The van der Waals surface area contributed by atoms with E-state index < -0.39 is 0 Å². The largest absolute Gasteiger partial charge is 0.379 e. The minimum Gasteiger partial charge on any atom is -0.379 e. The van der Waals surface area contributed by atoms with Crippen LogP contribution in [0.25, 0.3) is 0 Å². The molecule has 0 radical (unpaired) electrons. The third-order valence-corrected chi connectivity index (χ3v) is 5.48. The van der Waals surface area contributed by atoms with Crippen LogP contribution in [0.15, 0.2) is 85.0 Å². The summed E-state index contributed by atoms with van der Waals surface area (Å²) in [6, 6.07) is 21.1. The number of allylic oxidation sites excluding steroid dienone is 2. The Labute approximate surface area is 201 Å². The Kier molecular flexibility index (Phi) is 15.0. The first-order valence-electron chi connectivity index (χ1n) is 12.4. The van der Waals surface area contributed by atoms with Crippen LogP contribution >= 0.6 is 0 Å². The maximum Gasteiger partial charge on any atom is 0.0701 e. The molecule has 0 bridgehead atoms. The van der Waals surface area contributed by atoms with Gasteiger partial charge < -0.3 is 14.2 Å². The van der Waals surface area contributed by atoms with Crippen LogP contribution in [0.4, 0.5) is 0 Å². The van der Waals surface area contributed by atoms with Gasteiger partial charge in [-0.15, -0.1) is 0 Å². The summed E-state index contributed by atoms with van der Waals surface area (Å²) in [6.45, 7) is 12.5. The van der Waals surface area contributed by atoms with Crippen molar-refractivity contribution < 1.29 is 14.2 Å². The van der Waals surface area contributed by atoms with Gasteiger partial charge in [-0.1, -0.05) is 85.0 Å². The molecule has 0 saturated carbocycles. The minimum atomic E-state index is 0.628. The highest BCUT2D eigenvalue weighted by atomic mass is 16.5. The molecule has 0 aliphatic rings. The van der Waals surface area contributed by atoms with Gasteiger partial charge in [0.25, 0.3) is 0 Å². The number of hydrogen-bond donors (Lipinski definition) is 0. The average Bonchev–Trinajstić information content (AvgIpc) is 2.83. The van der Waals surface area contributed by atoms with E-state index in [9.17, 15) is 0 Å². The van der Waals surface area contributed by atoms with Crippen LogP contribution in [0.2, 0.25) is 0 Å². The van der Waals surface area contributed by atoms with Crippen molar-refractivity contribution in [3.05, 3.63) is 96.1 Å². The molecule has 2 rings (SSSR count). The normalized spacial score (nSPS) is 10.9. The summed E-state index contributed by atoms with van der Waals surface area (Å²) in [4.78, 5) is 0. The summed E-state index contributed by atoms with van der Waals surface area (Å²) in [5, 5.41) is 0. The maximum atomic E-state index is 5.65. The SMILES string of the molecule is C=C(CCCCOCCOCCOCCCCC(=C)Cc1ccccc1)Cc1ccccc1. The van der Waals surface area contributed by atoms with Crippen LogP contribution in [0.5, 0.6) is 0 Å². The van der Waals surface area contributed by atoms with Crippen molar-refractivity contribution in [1.29, 1.82) is 0 Å². The van der Waals surface area contributed by atoms with Crippen molar-refractivity contribution in [3.8, 4) is 0 Å². The predicted octanol–water partition coefficient (Wildman–Crippen LogP) is 6.97. The first-order valence-corrected chi connectivity index (χ1v) is 12.4. The lowest BCUT2D eigenvalue weighted by molar-refractivity contribution is 0.0134. The fourth-order valence-electron chi connectivity index (χ4n) is 3.65. The third-order valence-electron chi connectivity index (χ3n) is 5.48. The number of rotatable bonds is 20. The number of unbranched alkanes of at least 4 members (excludes halogenated alkanes) is 2. The van der Waals surface area contributed by atoms with Crippen molar-refractivity contribution in [3.63, 3.8) is 0 Å². The Morgan fingerprint density at radius 3 is 1.24 bits per heavy atom. The van der Waals surface area contributed by atoms with E-state index >= 15 is 0 Å². The second kappa shape index (κ2) is 18.3. The highest BCUT2D eigenvalue weighted by Crippen LogP contribution is 2.13. The van der Waals surface area contributed by atoms with E-state index in [1.54, 1.807) is 0 Å². The van der Waals surface area contributed by atoms with Gasteiger partial charge in [-0.3, -0.25) is 0 Å². The topological polar surface area (TPSA) is 27.7 Å². The highest BCUT2D eigenvalue weighted by Gasteiger charge is 1.99. The van der Waals surface area contributed by atoms with E-state index in [4.69, 9.17) is 14.2 Å². The van der Waals surface area contributed by atoms with Gasteiger partial charge in [-0.05, 0) is 62.5 Å². The van der Waals surface area contributed by atoms with Gasteiger partial charge in [-0.2, -0.15) is 0 Å². The van der Waals surface area contributed by atoms with Crippen molar-refractivity contribution in [2.75, 3.05) is 39.6 Å². The van der Waals surface area contributed by atoms with Crippen molar-refractivity contribution in [2.24, 2.45) is 0 Å². The van der Waals surface area contributed by atoms with E-state index in [0.29, 0.717) is 26.4 Å². The van der Waals surface area contributed by atoms with E-state index in [-0.39, 0.29) is 0 Å². The second-order valence-electron chi connectivity index (χ2n) is 8.58. The lowest BCUT2D eigenvalue weighted by Gasteiger charge is -2.08. The van der Waals surface area contributed by atoms with E-state index in [1.165, 1.54) is 22.3 Å². The molecule has 33 heavy (non-hydrogen) atoms. The van der Waals surface area contributed by atoms with Gasteiger partial charge in [0.15, 0.2) is 0 Å². The highest BCUT2D eigenvalue weighted by molar-refractivity contribution is 5.21. The third kappa shape index (κ3) is 14.5. The lowest BCUT2D eigenvalue weighted by Crippen LogP contribution is -2.10. The number of benzene rings is 2. The van der Waals surface area contributed by atoms with Gasteiger partial charge in [0, 0.05) is 13.2 Å². The molecule has 180 valence electrons. The van der Waals surface area contributed by atoms with E-state index in [2.05, 4.69) is 61.7 Å². The summed E-state index contributed by atoms with van der Waals surface area (Å²) >= 11 is 0. The van der Waals surface area contributed by atoms with Gasteiger partial charge in [-0.25, -0.2) is 0 Å². The molecular formula is C30H42O3. The molecule has 0 amide bonds. The van der Waals surface area contributed by atoms with E-state index in [0.717, 1.165) is 64.6 Å². The molecule has 0 fully saturated rings. The van der Waals surface area contributed by atoms with Crippen LogP contribution < -0.4 is 0 Å². The quantitative estimate of drug-likeness (QED) is 0.161. The van der Waals surface area contributed by atoms with Crippen LogP contribution in [-0.4, -0.2) is 39.6 Å². The standard InChI is InChI=1S/C30H42O3/c1-27(25-29-15-5-3-6-16-29)13-9-11-19-31-21-23-33-24-22-32-20-12-10-14-28(2)26-30-17-7-4-8-18-30/h3-8,15-18H,1-2,9-14,19-26H2. The zero-order valence-corrected chi connectivity index (χ0v) is 20.3. The zero-order valence-electron chi connectivity index (χ0n) is 20.3. The molecule has 0 spiro atoms. The summed E-state index contributed by atoms with van der Waals surface area (Å²) in [5.41, 5.74) is 5.26. The van der Waals surface area contributed by atoms with Crippen LogP contribution in [-0.2, 0) is 27.1 Å². The molecule has 3 nitrogen and oxygen atoms in total. The van der Waals surface area contributed by atoms with Gasteiger partial charge in [0.1, 0.15) is 0 Å². The summed E-state index contributed by atoms with van der Waals surface area (Å²) in [6.07, 6.45) is 8.45. The zero-order chi connectivity index (χ0) is 23.4. The second-order valence-corrected chi connectivity index (χ2v) is 8.58. The molecule has 0 unspecified atom stereocenters. The Balaban J connectivity index is 1.28. The van der Waals surface area contributed by atoms with E-state index in [1.807, 2.05) is 12.1 Å². The minimum absolute atomic E-state index is 0.628. The molecule has 0 N–H and O–H groups in total. The molecule has 3 heteroatoms. The molecule has 0 aliphatic heterocycles. The van der Waals surface area contributed by atoms with Gasteiger partial charge in [0.2, 0.25) is 0 Å². The van der Waals surface area contributed by atoms with Crippen molar-refractivity contribution in [1.82, 2.24) is 0 Å². The van der Waals surface area contributed by atoms with Crippen LogP contribution in [0.3, 0.4) is 0 Å². The Morgan fingerprint density at radius 1 is 0.485 bits per heavy atom. The molecule has 0 atom stereocenters.